The van der Waals surface area contributed by atoms with Crippen molar-refractivity contribution in [1.82, 2.24) is 15.2 Å². The monoisotopic (exact) mass is 605 g/mol. The van der Waals surface area contributed by atoms with Gasteiger partial charge in [-0.1, -0.05) is 6.07 Å². The third-order valence-corrected chi connectivity index (χ3v) is 11.4. The van der Waals surface area contributed by atoms with E-state index in [0.29, 0.717) is 55.2 Å². The number of ether oxygens (including phenoxy) is 1. The molecule has 4 atom stereocenters. The number of aromatic hydroxyl groups is 1. The second kappa shape index (κ2) is 9.63. The molecular formula is C34H38F3N5O2. The zero-order valence-electron chi connectivity index (χ0n) is 24.8. The molecule has 5 fully saturated rings. The molecule has 1 aliphatic carbocycles. The minimum absolute atomic E-state index is 0.0187. The van der Waals surface area contributed by atoms with Crippen molar-refractivity contribution in [1.29, 1.82) is 0 Å². The predicted molar refractivity (Wildman–Crippen MR) is 162 cm³/mol. The van der Waals surface area contributed by atoms with Crippen LogP contribution < -0.4 is 19.9 Å². The van der Waals surface area contributed by atoms with Crippen LogP contribution in [0.25, 0.3) is 10.8 Å². The van der Waals surface area contributed by atoms with E-state index in [1.54, 1.807) is 6.07 Å². The Morgan fingerprint density at radius 1 is 1.02 bits per heavy atom. The Hall–Kier alpha value is -3.24. The first kappa shape index (κ1) is 27.1. The van der Waals surface area contributed by atoms with Crippen LogP contribution in [0.15, 0.2) is 30.3 Å². The summed E-state index contributed by atoms with van der Waals surface area (Å²) in [7, 11) is 0. The first-order chi connectivity index (χ1) is 21.3. The van der Waals surface area contributed by atoms with E-state index in [0.717, 1.165) is 69.2 Å². The van der Waals surface area contributed by atoms with E-state index in [9.17, 15) is 13.9 Å². The smallest absolute Gasteiger partial charge is 0.215 e. The number of phenols is 1. The molecule has 6 heterocycles. The lowest BCUT2D eigenvalue weighted by Crippen LogP contribution is -2.52. The highest BCUT2D eigenvalue weighted by Gasteiger charge is 2.53. The first-order valence-electron chi connectivity index (χ1n) is 16.2. The average Bonchev–Trinajstić information content (AvgIpc) is 3.37. The molecule has 6 aliphatic rings. The van der Waals surface area contributed by atoms with Gasteiger partial charge in [0.1, 0.15) is 18.5 Å². The van der Waals surface area contributed by atoms with Gasteiger partial charge in [0, 0.05) is 72.4 Å². The minimum atomic E-state index is -0.904. The summed E-state index contributed by atoms with van der Waals surface area (Å²) >= 11 is 0. The molecule has 2 unspecified atom stereocenters. The lowest BCUT2D eigenvalue weighted by molar-refractivity contribution is 0.110. The van der Waals surface area contributed by atoms with Crippen molar-refractivity contribution in [3.05, 3.63) is 53.2 Å². The maximum atomic E-state index is 15.4. The number of hydrogen-bond donors (Lipinski definition) is 2. The summed E-state index contributed by atoms with van der Waals surface area (Å²) in [6.07, 6.45) is 6.57. The molecule has 4 saturated heterocycles. The third-order valence-electron chi connectivity index (χ3n) is 11.4. The van der Waals surface area contributed by atoms with Gasteiger partial charge in [0.25, 0.3) is 0 Å². The van der Waals surface area contributed by atoms with Crippen molar-refractivity contribution in [3.8, 4) is 11.6 Å². The zero-order chi connectivity index (χ0) is 29.8. The second-order valence-corrected chi connectivity index (χ2v) is 14.2. The van der Waals surface area contributed by atoms with Gasteiger partial charge in [-0.3, -0.25) is 4.90 Å². The molecule has 7 nitrogen and oxygen atoms in total. The van der Waals surface area contributed by atoms with Crippen LogP contribution in [0.5, 0.6) is 11.6 Å². The normalized spacial score (nSPS) is 30.3. The fraction of sp³-hybridized carbons (Fsp3) is 0.559. The number of piperazine rings is 1. The Balaban J connectivity index is 1.13. The average molecular weight is 606 g/mol. The number of halogens is 3. The molecule has 3 aromatic rings. The van der Waals surface area contributed by atoms with E-state index in [4.69, 9.17) is 9.72 Å². The molecule has 9 rings (SSSR count). The fourth-order valence-corrected chi connectivity index (χ4v) is 9.16. The van der Waals surface area contributed by atoms with Crippen molar-refractivity contribution in [2.45, 2.75) is 87.2 Å². The molecule has 44 heavy (non-hydrogen) atoms. The number of rotatable bonds is 5. The Labute approximate surface area is 255 Å². The molecule has 1 aromatic heterocycles. The molecule has 5 aliphatic heterocycles. The fourth-order valence-electron chi connectivity index (χ4n) is 9.16. The summed E-state index contributed by atoms with van der Waals surface area (Å²) in [6.45, 7) is 4.03. The molecule has 0 amide bonds. The van der Waals surface area contributed by atoms with Crippen molar-refractivity contribution in [2.24, 2.45) is 0 Å². The third kappa shape index (κ3) is 4.20. The number of phenolic OH excluding ortho intramolecular Hbond substituents is 1. The number of aromatic nitrogens is 1. The molecule has 232 valence electrons. The van der Waals surface area contributed by atoms with Gasteiger partial charge < -0.3 is 25.0 Å². The molecule has 0 radical (unpaired) electrons. The molecular weight excluding hydrogens is 567 g/mol. The molecule has 2 bridgehead atoms. The van der Waals surface area contributed by atoms with Crippen LogP contribution in [-0.4, -0.2) is 77.1 Å². The Bertz CT molecular complexity index is 1650. The van der Waals surface area contributed by atoms with Crippen LogP contribution in [0.4, 0.5) is 24.5 Å². The number of anilines is 2. The topological polar surface area (TPSA) is 64.1 Å². The number of alkyl halides is 1. The number of pyridine rings is 1. The lowest BCUT2D eigenvalue weighted by Gasteiger charge is -2.42. The van der Waals surface area contributed by atoms with Gasteiger partial charge in [0.15, 0.2) is 11.6 Å². The molecule has 1 spiro atoms. The number of hydrogen-bond acceptors (Lipinski definition) is 7. The van der Waals surface area contributed by atoms with Gasteiger partial charge in [-0.05, 0) is 69.0 Å². The Morgan fingerprint density at radius 2 is 1.84 bits per heavy atom. The van der Waals surface area contributed by atoms with Gasteiger partial charge in [0.2, 0.25) is 5.88 Å². The summed E-state index contributed by atoms with van der Waals surface area (Å²) in [5.74, 6) is -1.24. The van der Waals surface area contributed by atoms with E-state index >= 15 is 4.39 Å². The summed E-state index contributed by atoms with van der Waals surface area (Å²) in [6, 6.07) is 8.69. The Morgan fingerprint density at radius 3 is 2.64 bits per heavy atom. The van der Waals surface area contributed by atoms with Crippen LogP contribution in [0.1, 0.15) is 56.2 Å². The molecule has 1 saturated carbocycles. The van der Waals surface area contributed by atoms with Gasteiger partial charge >= 0.3 is 0 Å². The van der Waals surface area contributed by atoms with Crippen molar-refractivity contribution >= 4 is 22.1 Å². The van der Waals surface area contributed by atoms with Gasteiger partial charge in [0.05, 0.1) is 23.5 Å². The minimum Gasteiger partial charge on any atom is -0.508 e. The first-order valence-corrected chi connectivity index (χ1v) is 16.2. The number of nitrogens with one attached hydrogen (secondary N) is 1. The summed E-state index contributed by atoms with van der Waals surface area (Å²) < 4.78 is 50.9. The van der Waals surface area contributed by atoms with E-state index in [1.807, 2.05) is 0 Å². The summed E-state index contributed by atoms with van der Waals surface area (Å²) in [4.78, 5) is 12.0. The largest absolute Gasteiger partial charge is 0.508 e. The lowest BCUT2D eigenvalue weighted by atomic mass is 9.91. The SMILES string of the molecule is Oc1cc(N2Cc3nc(OC[C@@]45CCCN4C[C@H](F)C5)cc(N4CC5CCC(C4)N5)c3CC23CC3)c2c(F)c(F)ccc2c1. The summed E-state index contributed by atoms with van der Waals surface area (Å²) in [5.41, 5.74) is 3.19. The van der Waals surface area contributed by atoms with Crippen LogP contribution in [0.2, 0.25) is 0 Å². The molecule has 2 N–H and O–H groups in total. The van der Waals surface area contributed by atoms with E-state index in [-0.39, 0.29) is 22.2 Å². The quantitative estimate of drug-likeness (QED) is 0.414. The predicted octanol–water partition coefficient (Wildman–Crippen LogP) is 5.21. The van der Waals surface area contributed by atoms with Crippen LogP contribution >= 0.6 is 0 Å². The highest BCUT2D eigenvalue weighted by molar-refractivity contribution is 5.97. The zero-order valence-corrected chi connectivity index (χ0v) is 24.8. The van der Waals surface area contributed by atoms with Crippen LogP contribution in [0.3, 0.4) is 0 Å². The van der Waals surface area contributed by atoms with Gasteiger partial charge in [-0.15, -0.1) is 0 Å². The maximum Gasteiger partial charge on any atom is 0.215 e. The number of benzene rings is 2. The highest BCUT2D eigenvalue weighted by Crippen LogP contribution is 2.54. The van der Waals surface area contributed by atoms with Gasteiger partial charge in [-0.25, -0.2) is 18.2 Å². The van der Waals surface area contributed by atoms with E-state index < -0.39 is 17.8 Å². The summed E-state index contributed by atoms with van der Waals surface area (Å²) in [5, 5.41) is 15.0. The molecule has 2 aromatic carbocycles. The van der Waals surface area contributed by atoms with E-state index in [1.165, 1.54) is 30.5 Å². The van der Waals surface area contributed by atoms with Crippen LogP contribution in [0, 0.1) is 11.6 Å². The van der Waals surface area contributed by atoms with E-state index in [2.05, 4.69) is 26.1 Å². The van der Waals surface area contributed by atoms with Gasteiger partial charge in [-0.2, -0.15) is 0 Å². The van der Waals surface area contributed by atoms with Crippen molar-refractivity contribution in [3.63, 3.8) is 0 Å². The highest BCUT2D eigenvalue weighted by atomic mass is 19.2. The molecule has 10 heteroatoms. The number of nitrogens with zero attached hydrogens (tertiary/aromatic N) is 4. The van der Waals surface area contributed by atoms with Crippen molar-refractivity contribution < 1.29 is 23.0 Å². The van der Waals surface area contributed by atoms with Crippen LogP contribution in [-0.2, 0) is 13.0 Å². The maximum absolute atomic E-state index is 15.4. The van der Waals surface area contributed by atoms with Crippen molar-refractivity contribution in [2.75, 3.05) is 42.6 Å². The Kier molecular flexibility index (Phi) is 5.93. The number of fused-ring (bicyclic) bond motifs is 5. The second-order valence-electron chi connectivity index (χ2n) is 14.2. The standard InChI is InChI=1S/C34H38F3N5O2/c35-21-13-34(6-1-9-41(34)15-21)19-44-30-12-28(40-16-22-3-4-23(17-40)38-22)25-14-33(7-8-33)42(18-27(25)39-30)29-11-24(43)10-20-2-5-26(36)32(37)31(20)29/h2,5,10-12,21-23,38,43H,1,3-4,6-9,13-19H2/t21-,22?,23?,34+/m1/s1.